The van der Waals surface area contributed by atoms with Crippen LogP contribution < -0.4 is 10.9 Å². The highest BCUT2D eigenvalue weighted by Gasteiger charge is 2.15. The number of nitrogens with zero attached hydrogens (tertiary/aromatic N) is 1. The molecule has 0 aliphatic heterocycles. The molecule has 0 spiro atoms. The molecular weight excluding hydrogens is 222 g/mol. The summed E-state index contributed by atoms with van der Waals surface area (Å²) in [6.07, 6.45) is 0. The van der Waals surface area contributed by atoms with Crippen molar-refractivity contribution in [3.63, 3.8) is 0 Å². The van der Waals surface area contributed by atoms with Gasteiger partial charge in [-0.15, -0.1) is 0 Å². The maximum Gasteiger partial charge on any atom is 0.271 e. The van der Waals surface area contributed by atoms with E-state index in [1.807, 2.05) is 0 Å². The van der Waals surface area contributed by atoms with Gasteiger partial charge in [-0.1, -0.05) is 0 Å². The minimum absolute atomic E-state index is 0.00417. The van der Waals surface area contributed by atoms with Crippen LogP contribution in [-0.2, 0) is 16.6 Å². The van der Waals surface area contributed by atoms with Gasteiger partial charge in [-0.3, -0.25) is 10.1 Å². The summed E-state index contributed by atoms with van der Waals surface area (Å²) >= 11 is 0. The second-order valence-electron chi connectivity index (χ2n) is 2.84. The fourth-order valence-electron chi connectivity index (χ4n) is 1.03. The molecule has 0 fully saturated rings. The van der Waals surface area contributed by atoms with E-state index in [1.165, 1.54) is 12.1 Å². The predicted molar refractivity (Wildman–Crippen MR) is 52.4 cm³/mol. The highest BCUT2D eigenvalue weighted by Crippen LogP contribution is 2.19. The molecule has 0 aliphatic carbocycles. The Labute approximate surface area is 85.9 Å². The molecule has 1 aromatic rings. The molecule has 15 heavy (non-hydrogen) atoms. The molecule has 7 nitrogen and oxygen atoms in total. The van der Waals surface area contributed by atoms with Crippen LogP contribution >= 0.6 is 0 Å². The topological polar surface area (TPSA) is 129 Å². The quantitative estimate of drug-likeness (QED) is 0.545. The van der Waals surface area contributed by atoms with Crippen molar-refractivity contribution in [2.75, 3.05) is 0 Å². The van der Waals surface area contributed by atoms with E-state index in [9.17, 15) is 18.5 Å². The lowest BCUT2D eigenvalue weighted by Crippen LogP contribution is -2.13. The minimum Gasteiger partial charge on any atom is -0.326 e. The van der Waals surface area contributed by atoms with E-state index >= 15 is 0 Å². The first-order valence-corrected chi connectivity index (χ1v) is 5.40. The summed E-state index contributed by atoms with van der Waals surface area (Å²) in [7, 11) is -3.95. The van der Waals surface area contributed by atoms with E-state index in [-0.39, 0.29) is 17.1 Å². The second-order valence-corrected chi connectivity index (χ2v) is 4.40. The molecule has 0 aliphatic rings. The van der Waals surface area contributed by atoms with E-state index in [0.29, 0.717) is 5.56 Å². The molecule has 0 amide bonds. The summed E-state index contributed by atoms with van der Waals surface area (Å²) in [6.45, 7) is 0.00417. The number of nitrogens with two attached hydrogens (primary N) is 2. The highest BCUT2D eigenvalue weighted by atomic mass is 32.2. The third-order valence-corrected chi connectivity index (χ3v) is 2.62. The SMILES string of the molecule is NCc1cc([N+](=O)[O-])cc(S(N)(=O)=O)c1. The molecule has 8 heteroatoms. The summed E-state index contributed by atoms with van der Waals surface area (Å²) in [5.74, 6) is 0. The Morgan fingerprint density at radius 1 is 1.33 bits per heavy atom. The first-order valence-electron chi connectivity index (χ1n) is 3.86. The van der Waals surface area contributed by atoms with E-state index in [4.69, 9.17) is 10.9 Å². The van der Waals surface area contributed by atoms with Crippen LogP contribution in [0.15, 0.2) is 23.1 Å². The van der Waals surface area contributed by atoms with Crippen molar-refractivity contribution in [3.05, 3.63) is 33.9 Å². The third-order valence-electron chi connectivity index (χ3n) is 1.73. The summed E-state index contributed by atoms with van der Waals surface area (Å²) < 4.78 is 22.0. The number of nitro groups is 1. The zero-order valence-electron chi connectivity index (χ0n) is 7.58. The first kappa shape index (κ1) is 11.6. The van der Waals surface area contributed by atoms with Crippen LogP contribution in [0.5, 0.6) is 0 Å². The predicted octanol–water partition coefficient (Wildman–Crippen LogP) is -0.299. The zero-order chi connectivity index (χ0) is 11.6. The average Bonchev–Trinajstić information content (AvgIpc) is 2.15. The van der Waals surface area contributed by atoms with Gasteiger partial charge in [0.25, 0.3) is 5.69 Å². The van der Waals surface area contributed by atoms with Gasteiger partial charge in [0.2, 0.25) is 10.0 Å². The van der Waals surface area contributed by atoms with E-state index < -0.39 is 14.9 Å². The molecular formula is C7H9N3O4S. The molecule has 0 unspecified atom stereocenters. The lowest BCUT2D eigenvalue weighted by atomic mass is 10.2. The lowest BCUT2D eigenvalue weighted by molar-refractivity contribution is -0.385. The van der Waals surface area contributed by atoms with Crippen molar-refractivity contribution in [2.24, 2.45) is 10.9 Å². The normalized spacial score (nSPS) is 11.3. The summed E-state index contributed by atoms with van der Waals surface area (Å²) in [5, 5.41) is 15.3. The first-order chi connectivity index (χ1) is 6.84. The van der Waals surface area contributed by atoms with Crippen molar-refractivity contribution in [1.29, 1.82) is 0 Å². The monoisotopic (exact) mass is 231 g/mol. The van der Waals surface area contributed by atoms with Gasteiger partial charge in [0.15, 0.2) is 0 Å². The van der Waals surface area contributed by atoms with Crippen LogP contribution in [0.1, 0.15) is 5.56 Å². The average molecular weight is 231 g/mol. The highest BCUT2D eigenvalue weighted by molar-refractivity contribution is 7.89. The van der Waals surface area contributed by atoms with Crippen molar-refractivity contribution in [1.82, 2.24) is 0 Å². The van der Waals surface area contributed by atoms with Crippen LogP contribution in [0.25, 0.3) is 0 Å². The number of hydrogen-bond acceptors (Lipinski definition) is 5. The van der Waals surface area contributed by atoms with Crippen LogP contribution in [0.2, 0.25) is 0 Å². The van der Waals surface area contributed by atoms with Gasteiger partial charge in [0.1, 0.15) is 0 Å². The van der Waals surface area contributed by atoms with Gasteiger partial charge >= 0.3 is 0 Å². The molecule has 0 heterocycles. The minimum atomic E-state index is -3.95. The van der Waals surface area contributed by atoms with Gasteiger partial charge in [0, 0.05) is 18.7 Å². The number of sulfonamides is 1. The van der Waals surface area contributed by atoms with E-state index in [2.05, 4.69) is 0 Å². The van der Waals surface area contributed by atoms with E-state index in [1.54, 1.807) is 0 Å². The maximum atomic E-state index is 11.0. The maximum absolute atomic E-state index is 11.0. The largest absolute Gasteiger partial charge is 0.326 e. The van der Waals surface area contributed by atoms with Crippen LogP contribution in [0.3, 0.4) is 0 Å². The summed E-state index contributed by atoms with van der Waals surface area (Å²) in [6, 6.07) is 3.31. The number of rotatable bonds is 3. The smallest absolute Gasteiger partial charge is 0.271 e. The number of primary sulfonamides is 1. The van der Waals surface area contributed by atoms with Crippen LogP contribution in [0, 0.1) is 10.1 Å². The van der Waals surface area contributed by atoms with Crippen molar-refractivity contribution < 1.29 is 13.3 Å². The Kier molecular flexibility index (Phi) is 3.03. The fourth-order valence-corrected chi connectivity index (χ4v) is 1.63. The Balaban J connectivity index is 3.43. The Bertz CT molecular complexity index is 497. The number of hydrogen-bond donors (Lipinski definition) is 2. The zero-order valence-corrected chi connectivity index (χ0v) is 8.40. The van der Waals surface area contributed by atoms with Gasteiger partial charge < -0.3 is 5.73 Å². The van der Waals surface area contributed by atoms with Gasteiger partial charge in [-0.2, -0.15) is 0 Å². The second kappa shape index (κ2) is 3.93. The Morgan fingerprint density at radius 3 is 2.33 bits per heavy atom. The van der Waals surface area contributed by atoms with Crippen LogP contribution in [-0.4, -0.2) is 13.3 Å². The molecule has 1 aromatic carbocycles. The van der Waals surface area contributed by atoms with Gasteiger partial charge in [-0.25, -0.2) is 13.6 Å². The van der Waals surface area contributed by atoms with Crippen molar-refractivity contribution >= 4 is 15.7 Å². The molecule has 0 atom stereocenters. The molecule has 0 aromatic heterocycles. The molecule has 0 radical (unpaired) electrons. The molecule has 4 N–H and O–H groups in total. The fraction of sp³-hybridized carbons (Fsp3) is 0.143. The van der Waals surface area contributed by atoms with Crippen molar-refractivity contribution in [2.45, 2.75) is 11.4 Å². The van der Waals surface area contributed by atoms with Crippen LogP contribution in [0.4, 0.5) is 5.69 Å². The van der Waals surface area contributed by atoms with Crippen molar-refractivity contribution in [3.8, 4) is 0 Å². The standard InChI is InChI=1S/C7H9N3O4S/c8-4-5-1-6(10(11)12)3-7(2-5)15(9,13)14/h1-3H,4,8H2,(H2,9,13,14). The molecule has 0 bridgehead atoms. The molecule has 0 saturated heterocycles. The molecule has 0 saturated carbocycles. The van der Waals surface area contributed by atoms with E-state index in [0.717, 1.165) is 6.07 Å². The molecule has 1 rings (SSSR count). The summed E-state index contributed by atoms with van der Waals surface area (Å²) in [5.41, 5.74) is 5.27. The molecule has 82 valence electrons. The van der Waals surface area contributed by atoms with Gasteiger partial charge in [-0.05, 0) is 11.6 Å². The number of nitro benzene ring substituents is 1. The third kappa shape index (κ3) is 2.72. The lowest BCUT2D eigenvalue weighted by Gasteiger charge is -2.01. The number of non-ortho nitro benzene ring substituents is 1. The summed E-state index contributed by atoms with van der Waals surface area (Å²) in [4.78, 5) is 9.47. The Hall–Kier alpha value is -1.51. The Morgan fingerprint density at radius 2 is 1.93 bits per heavy atom. The van der Waals surface area contributed by atoms with Gasteiger partial charge in [0.05, 0.1) is 9.82 Å². The number of benzene rings is 1.